The maximum Gasteiger partial charge on any atom is 0.0945 e. The largest absolute Gasteiger partial charge is 0.337 e. The second-order valence-corrected chi connectivity index (χ2v) is 6.75. The van der Waals surface area contributed by atoms with Gasteiger partial charge in [-0.25, -0.2) is 4.98 Å². The highest BCUT2D eigenvalue weighted by Crippen LogP contribution is 2.19. The van der Waals surface area contributed by atoms with E-state index >= 15 is 0 Å². The van der Waals surface area contributed by atoms with Crippen molar-refractivity contribution in [3.05, 3.63) is 89.5 Å². The van der Waals surface area contributed by atoms with E-state index in [0.717, 1.165) is 24.4 Å². The molecule has 0 fully saturated rings. The number of benzene rings is 2. The minimum atomic E-state index is 0. The van der Waals surface area contributed by atoms with Crippen molar-refractivity contribution in [3.63, 3.8) is 0 Å². The van der Waals surface area contributed by atoms with Gasteiger partial charge in [-0.1, -0.05) is 54.1 Å². The van der Waals surface area contributed by atoms with E-state index in [1.807, 2.05) is 24.7 Å². The monoisotopic (exact) mass is 374 g/mol. The molecule has 1 atom stereocenters. The van der Waals surface area contributed by atoms with E-state index in [2.05, 4.69) is 58.2 Å². The molecule has 2 aromatic carbocycles. The summed E-state index contributed by atoms with van der Waals surface area (Å²) in [7, 11) is 0. The zero-order chi connectivity index (χ0) is 16.6. The highest BCUT2D eigenvalue weighted by atomic mass is 35.5. The lowest BCUT2D eigenvalue weighted by Gasteiger charge is -2.18. The van der Waals surface area contributed by atoms with E-state index in [4.69, 9.17) is 11.6 Å². The Hall–Kier alpha value is -1.77. The van der Waals surface area contributed by atoms with Crippen molar-refractivity contribution in [1.29, 1.82) is 0 Å². The van der Waals surface area contributed by atoms with Gasteiger partial charge in [0.25, 0.3) is 0 Å². The Bertz CT molecular complexity index is 709. The molecular formula is C21H24Cl2N2. The van der Waals surface area contributed by atoms with Crippen LogP contribution in [0.1, 0.15) is 24.0 Å². The van der Waals surface area contributed by atoms with Crippen molar-refractivity contribution in [2.24, 2.45) is 5.92 Å². The minimum absolute atomic E-state index is 0. The third-order valence-corrected chi connectivity index (χ3v) is 4.72. The maximum atomic E-state index is 5.98. The number of aryl methyl sites for hydroxylation is 2. The van der Waals surface area contributed by atoms with Crippen LogP contribution in [-0.4, -0.2) is 9.55 Å². The third kappa shape index (κ3) is 6.56. The molecule has 132 valence electrons. The summed E-state index contributed by atoms with van der Waals surface area (Å²) in [6.07, 6.45) is 10.4. The summed E-state index contributed by atoms with van der Waals surface area (Å²) in [5.41, 5.74) is 2.77. The fraction of sp³-hybridized carbons (Fsp3) is 0.286. The molecule has 0 aliphatic heterocycles. The Labute approximate surface area is 161 Å². The second-order valence-electron chi connectivity index (χ2n) is 6.31. The van der Waals surface area contributed by atoms with Crippen LogP contribution >= 0.6 is 24.0 Å². The van der Waals surface area contributed by atoms with Gasteiger partial charge in [0.2, 0.25) is 0 Å². The first-order valence-corrected chi connectivity index (χ1v) is 8.91. The van der Waals surface area contributed by atoms with Crippen molar-refractivity contribution >= 4 is 24.0 Å². The van der Waals surface area contributed by atoms with E-state index in [9.17, 15) is 0 Å². The second kappa shape index (κ2) is 10.3. The van der Waals surface area contributed by atoms with Gasteiger partial charge in [0.15, 0.2) is 0 Å². The standard InChI is InChI=1S/C21H23ClN2.ClH/c22-21-12-10-19(11-13-21)7-9-20(16-24-15-14-23-17-24)8-6-18-4-2-1-3-5-18;/h1-5,10-15,17,20H,6-9,16H2;1H. The molecular weight excluding hydrogens is 351 g/mol. The van der Waals surface area contributed by atoms with E-state index in [1.165, 1.54) is 24.0 Å². The summed E-state index contributed by atoms with van der Waals surface area (Å²) in [4.78, 5) is 4.17. The molecule has 0 bridgehead atoms. The van der Waals surface area contributed by atoms with Crippen LogP contribution in [0.15, 0.2) is 73.3 Å². The van der Waals surface area contributed by atoms with Crippen LogP contribution in [-0.2, 0) is 19.4 Å². The van der Waals surface area contributed by atoms with Gasteiger partial charge in [-0.3, -0.25) is 0 Å². The molecule has 1 unspecified atom stereocenters. The number of imidazole rings is 1. The SMILES string of the molecule is Cl.Clc1ccc(CCC(CCc2ccccc2)Cn2ccnc2)cc1. The Morgan fingerprint density at radius 3 is 2.12 bits per heavy atom. The molecule has 0 spiro atoms. The molecule has 0 aliphatic carbocycles. The lowest BCUT2D eigenvalue weighted by atomic mass is 9.93. The van der Waals surface area contributed by atoms with Crippen molar-refractivity contribution in [2.75, 3.05) is 0 Å². The van der Waals surface area contributed by atoms with Gasteiger partial charge >= 0.3 is 0 Å². The van der Waals surface area contributed by atoms with Gasteiger partial charge in [-0.15, -0.1) is 12.4 Å². The molecule has 0 radical (unpaired) electrons. The predicted molar refractivity (Wildman–Crippen MR) is 108 cm³/mol. The quantitative estimate of drug-likeness (QED) is 0.484. The van der Waals surface area contributed by atoms with Crippen LogP contribution in [0.25, 0.3) is 0 Å². The van der Waals surface area contributed by atoms with Crippen molar-refractivity contribution in [1.82, 2.24) is 9.55 Å². The van der Waals surface area contributed by atoms with Gasteiger partial charge in [-0.05, 0) is 54.9 Å². The van der Waals surface area contributed by atoms with Gasteiger partial charge in [0.1, 0.15) is 0 Å². The molecule has 25 heavy (non-hydrogen) atoms. The Morgan fingerprint density at radius 1 is 0.880 bits per heavy atom. The Kier molecular flexibility index (Phi) is 8.03. The summed E-state index contributed by atoms with van der Waals surface area (Å²) < 4.78 is 2.19. The smallest absolute Gasteiger partial charge is 0.0945 e. The summed E-state index contributed by atoms with van der Waals surface area (Å²) in [5, 5.41) is 0.804. The highest BCUT2D eigenvalue weighted by Gasteiger charge is 2.10. The van der Waals surface area contributed by atoms with E-state index in [-0.39, 0.29) is 12.4 Å². The topological polar surface area (TPSA) is 17.8 Å². The molecule has 0 saturated heterocycles. The number of hydrogen-bond donors (Lipinski definition) is 0. The van der Waals surface area contributed by atoms with E-state index in [0.29, 0.717) is 5.92 Å². The summed E-state index contributed by atoms with van der Waals surface area (Å²) in [6.45, 7) is 1.03. The van der Waals surface area contributed by atoms with Crippen LogP contribution in [0.4, 0.5) is 0 Å². The number of halogens is 2. The molecule has 3 aromatic rings. The summed E-state index contributed by atoms with van der Waals surface area (Å²) in [6, 6.07) is 19.0. The van der Waals surface area contributed by atoms with Crippen LogP contribution < -0.4 is 0 Å². The third-order valence-electron chi connectivity index (χ3n) is 4.47. The van der Waals surface area contributed by atoms with Gasteiger partial charge in [-0.2, -0.15) is 0 Å². The molecule has 3 rings (SSSR count). The first-order valence-electron chi connectivity index (χ1n) is 8.54. The number of hydrogen-bond acceptors (Lipinski definition) is 1. The lowest BCUT2D eigenvalue weighted by molar-refractivity contribution is 0.388. The molecule has 4 heteroatoms. The Morgan fingerprint density at radius 2 is 1.52 bits per heavy atom. The number of nitrogens with zero attached hydrogens (tertiary/aromatic N) is 2. The van der Waals surface area contributed by atoms with Crippen molar-refractivity contribution in [3.8, 4) is 0 Å². The molecule has 1 heterocycles. The van der Waals surface area contributed by atoms with Crippen molar-refractivity contribution in [2.45, 2.75) is 32.2 Å². The first kappa shape index (κ1) is 19.6. The van der Waals surface area contributed by atoms with Crippen LogP contribution in [0.2, 0.25) is 5.02 Å². The zero-order valence-electron chi connectivity index (χ0n) is 14.2. The summed E-state index contributed by atoms with van der Waals surface area (Å²) >= 11 is 5.98. The predicted octanol–water partition coefficient (Wildman–Crippen LogP) is 5.84. The molecule has 0 aliphatic rings. The number of rotatable bonds is 8. The molecule has 1 aromatic heterocycles. The molecule has 0 N–H and O–H groups in total. The zero-order valence-corrected chi connectivity index (χ0v) is 15.8. The Balaban J connectivity index is 0.00000225. The summed E-state index contributed by atoms with van der Waals surface area (Å²) in [5.74, 6) is 0.634. The van der Waals surface area contributed by atoms with Crippen molar-refractivity contribution < 1.29 is 0 Å². The van der Waals surface area contributed by atoms with Crippen LogP contribution in [0, 0.1) is 5.92 Å². The molecule has 0 saturated carbocycles. The van der Waals surface area contributed by atoms with Gasteiger partial charge in [0, 0.05) is 24.0 Å². The minimum Gasteiger partial charge on any atom is -0.337 e. The molecule has 2 nitrogen and oxygen atoms in total. The van der Waals surface area contributed by atoms with Crippen LogP contribution in [0.5, 0.6) is 0 Å². The average molecular weight is 375 g/mol. The van der Waals surface area contributed by atoms with Gasteiger partial charge < -0.3 is 4.57 Å². The fourth-order valence-electron chi connectivity index (χ4n) is 3.06. The van der Waals surface area contributed by atoms with Crippen LogP contribution in [0.3, 0.4) is 0 Å². The fourth-order valence-corrected chi connectivity index (χ4v) is 3.18. The lowest BCUT2D eigenvalue weighted by Crippen LogP contribution is -2.12. The average Bonchev–Trinajstić information content (AvgIpc) is 3.13. The maximum absolute atomic E-state index is 5.98. The molecule has 0 amide bonds. The number of aromatic nitrogens is 2. The van der Waals surface area contributed by atoms with Gasteiger partial charge in [0.05, 0.1) is 6.33 Å². The van der Waals surface area contributed by atoms with E-state index < -0.39 is 0 Å². The first-order chi connectivity index (χ1) is 11.8. The normalized spacial score (nSPS) is 11.7. The van der Waals surface area contributed by atoms with E-state index in [1.54, 1.807) is 0 Å². The highest BCUT2D eigenvalue weighted by molar-refractivity contribution is 6.30.